The maximum absolute atomic E-state index is 12.3. The molecule has 0 aliphatic heterocycles. The van der Waals surface area contributed by atoms with Crippen molar-refractivity contribution < 1.29 is 4.79 Å². The summed E-state index contributed by atoms with van der Waals surface area (Å²) in [6.45, 7) is 6.48. The third-order valence-electron chi connectivity index (χ3n) is 4.02. The Labute approximate surface area is 145 Å². The molecule has 0 spiro atoms. The molecule has 3 rings (SSSR count). The Bertz CT molecular complexity index is 860. The lowest BCUT2D eigenvalue weighted by atomic mass is 10.2. The number of rotatable bonds is 5. The largest absolute Gasteiger partial charge is 0.358 e. The number of carbonyl (C=O) groups excluding carboxylic acids is 1. The Kier molecular flexibility index (Phi) is 4.76. The van der Waals surface area contributed by atoms with Crippen LogP contribution in [0.15, 0.2) is 36.7 Å². The lowest BCUT2D eigenvalue weighted by Crippen LogP contribution is -2.37. The molecule has 0 saturated carbocycles. The number of anilines is 1. The van der Waals surface area contributed by atoms with E-state index >= 15 is 0 Å². The third-order valence-corrected chi connectivity index (χ3v) is 5.14. The minimum absolute atomic E-state index is 0.0600. The Morgan fingerprint density at radius 1 is 1.21 bits per heavy atom. The molecule has 2 aromatic heterocycles. The first kappa shape index (κ1) is 16.4. The molecule has 2 heterocycles. The first-order valence-electron chi connectivity index (χ1n) is 7.85. The molecular weight excluding hydrogens is 320 g/mol. The summed E-state index contributed by atoms with van der Waals surface area (Å²) in [5, 5.41) is 7.17. The number of aromatic nitrogens is 2. The molecule has 2 N–H and O–H groups in total. The molecule has 124 valence electrons. The summed E-state index contributed by atoms with van der Waals surface area (Å²) in [7, 11) is 0. The average molecular weight is 340 g/mol. The number of fused-ring (bicyclic) bond motifs is 1. The fraction of sp³-hybridized carbons (Fsp3) is 0.278. The summed E-state index contributed by atoms with van der Waals surface area (Å²) in [5.41, 5.74) is 2.24. The van der Waals surface area contributed by atoms with E-state index < -0.39 is 0 Å². The molecule has 0 bridgehead atoms. The van der Waals surface area contributed by atoms with Crippen molar-refractivity contribution in [3.63, 3.8) is 0 Å². The van der Waals surface area contributed by atoms with Crippen molar-refractivity contribution in [1.29, 1.82) is 0 Å². The fourth-order valence-electron chi connectivity index (χ4n) is 2.50. The quantitative estimate of drug-likeness (QED) is 0.747. The van der Waals surface area contributed by atoms with Crippen LogP contribution in [0.25, 0.3) is 10.2 Å². The molecular formula is C18H20N4OS. The van der Waals surface area contributed by atoms with Crippen molar-refractivity contribution in [2.45, 2.75) is 33.4 Å². The van der Waals surface area contributed by atoms with Crippen LogP contribution in [-0.4, -0.2) is 21.9 Å². The van der Waals surface area contributed by atoms with Crippen LogP contribution in [-0.2, 0) is 11.3 Å². The number of hydrogen-bond acceptors (Lipinski definition) is 5. The number of carbonyl (C=O) groups is 1. The van der Waals surface area contributed by atoms with Gasteiger partial charge in [-0.1, -0.05) is 30.3 Å². The predicted molar refractivity (Wildman–Crippen MR) is 98.3 cm³/mol. The molecule has 0 aliphatic carbocycles. The second kappa shape index (κ2) is 6.97. The van der Waals surface area contributed by atoms with Crippen LogP contribution in [0.3, 0.4) is 0 Å². The Balaban J connectivity index is 1.70. The van der Waals surface area contributed by atoms with Crippen molar-refractivity contribution in [2.24, 2.45) is 0 Å². The monoisotopic (exact) mass is 340 g/mol. The second-order valence-electron chi connectivity index (χ2n) is 5.76. The zero-order chi connectivity index (χ0) is 17.1. The van der Waals surface area contributed by atoms with E-state index in [0.29, 0.717) is 12.4 Å². The van der Waals surface area contributed by atoms with Gasteiger partial charge in [0.1, 0.15) is 23.0 Å². The molecule has 0 fully saturated rings. The lowest BCUT2D eigenvalue weighted by molar-refractivity contribution is -0.121. The van der Waals surface area contributed by atoms with Crippen LogP contribution in [0.4, 0.5) is 5.82 Å². The maximum atomic E-state index is 12.3. The first-order valence-corrected chi connectivity index (χ1v) is 8.66. The summed E-state index contributed by atoms with van der Waals surface area (Å²) in [6.07, 6.45) is 1.54. The summed E-state index contributed by atoms with van der Waals surface area (Å²) in [4.78, 5) is 23.1. The molecule has 1 unspecified atom stereocenters. The molecule has 0 saturated heterocycles. The number of amides is 1. The smallest absolute Gasteiger partial charge is 0.242 e. The van der Waals surface area contributed by atoms with Gasteiger partial charge in [-0.25, -0.2) is 9.97 Å². The van der Waals surface area contributed by atoms with Crippen molar-refractivity contribution in [3.05, 3.63) is 52.7 Å². The number of nitrogens with zero attached hydrogens (tertiary/aromatic N) is 2. The van der Waals surface area contributed by atoms with Crippen LogP contribution >= 0.6 is 11.3 Å². The van der Waals surface area contributed by atoms with Crippen molar-refractivity contribution >= 4 is 33.3 Å². The third kappa shape index (κ3) is 3.38. The van der Waals surface area contributed by atoms with Gasteiger partial charge < -0.3 is 10.6 Å². The maximum Gasteiger partial charge on any atom is 0.242 e. The number of nitrogens with one attached hydrogen (secondary N) is 2. The van der Waals surface area contributed by atoms with Crippen LogP contribution in [0, 0.1) is 13.8 Å². The Morgan fingerprint density at radius 3 is 2.71 bits per heavy atom. The summed E-state index contributed by atoms with van der Waals surface area (Å²) < 4.78 is 0. The normalized spacial score (nSPS) is 12.1. The number of thiophene rings is 1. The summed E-state index contributed by atoms with van der Waals surface area (Å²) in [5.74, 6) is 0.652. The Hall–Kier alpha value is -2.47. The van der Waals surface area contributed by atoms with Crippen LogP contribution in [0.2, 0.25) is 0 Å². The van der Waals surface area contributed by atoms with Crippen LogP contribution in [0.5, 0.6) is 0 Å². The van der Waals surface area contributed by atoms with Gasteiger partial charge in [0, 0.05) is 11.4 Å². The van der Waals surface area contributed by atoms with Gasteiger partial charge in [-0.3, -0.25) is 4.79 Å². The zero-order valence-electron chi connectivity index (χ0n) is 14.0. The molecule has 24 heavy (non-hydrogen) atoms. The van der Waals surface area contributed by atoms with Gasteiger partial charge in [0.2, 0.25) is 5.91 Å². The van der Waals surface area contributed by atoms with E-state index in [9.17, 15) is 4.79 Å². The molecule has 6 heteroatoms. The second-order valence-corrected chi connectivity index (χ2v) is 6.96. The number of aryl methyl sites for hydroxylation is 2. The molecule has 3 aromatic rings. The van der Waals surface area contributed by atoms with Gasteiger partial charge in [0.15, 0.2) is 0 Å². The lowest BCUT2D eigenvalue weighted by Gasteiger charge is -2.15. The van der Waals surface area contributed by atoms with E-state index in [4.69, 9.17) is 0 Å². The standard InChI is InChI=1S/C18H20N4OS/c1-11-13(3)24-18-15(11)16(20-10-21-18)22-12(2)17(23)19-9-14-7-5-4-6-8-14/h4-8,10,12H,9H2,1-3H3,(H,19,23)(H,20,21,22). The zero-order valence-corrected chi connectivity index (χ0v) is 14.8. The van der Waals surface area contributed by atoms with Gasteiger partial charge in [0.05, 0.1) is 5.39 Å². The number of benzene rings is 1. The average Bonchev–Trinajstić information content (AvgIpc) is 2.89. The SMILES string of the molecule is Cc1sc2ncnc(NC(C)C(=O)NCc3ccccc3)c2c1C. The first-order chi connectivity index (χ1) is 11.6. The van der Waals surface area contributed by atoms with Gasteiger partial charge in [-0.2, -0.15) is 0 Å². The van der Waals surface area contributed by atoms with Crippen molar-refractivity contribution in [3.8, 4) is 0 Å². The molecule has 1 amide bonds. The molecule has 1 aromatic carbocycles. The molecule has 5 nitrogen and oxygen atoms in total. The highest BCUT2D eigenvalue weighted by Gasteiger charge is 2.17. The van der Waals surface area contributed by atoms with E-state index in [0.717, 1.165) is 21.3 Å². The topological polar surface area (TPSA) is 66.9 Å². The molecule has 1 atom stereocenters. The minimum Gasteiger partial charge on any atom is -0.358 e. The van der Waals surface area contributed by atoms with Crippen LogP contribution < -0.4 is 10.6 Å². The van der Waals surface area contributed by atoms with Gasteiger partial charge >= 0.3 is 0 Å². The van der Waals surface area contributed by atoms with E-state index in [2.05, 4.69) is 34.4 Å². The van der Waals surface area contributed by atoms with Crippen molar-refractivity contribution in [1.82, 2.24) is 15.3 Å². The van der Waals surface area contributed by atoms with Gasteiger partial charge in [-0.15, -0.1) is 11.3 Å². The van der Waals surface area contributed by atoms with Gasteiger partial charge in [0.25, 0.3) is 0 Å². The van der Waals surface area contributed by atoms with Crippen molar-refractivity contribution in [2.75, 3.05) is 5.32 Å². The number of hydrogen-bond donors (Lipinski definition) is 2. The minimum atomic E-state index is -0.383. The van der Waals surface area contributed by atoms with E-state index in [-0.39, 0.29) is 11.9 Å². The predicted octanol–water partition coefficient (Wildman–Crippen LogP) is 3.42. The van der Waals surface area contributed by atoms with E-state index in [1.54, 1.807) is 11.3 Å². The molecule has 0 aliphatic rings. The molecule has 0 radical (unpaired) electrons. The Morgan fingerprint density at radius 2 is 1.96 bits per heavy atom. The fourth-order valence-corrected chi connectivity index (χ4v) is 3.50. The van der Waals surface area contributed by atoms with E-state index in [1.807, 2.05) is 37.3 Å². The highest BCUT2D eigenvalue weighted by molar-refractivity contribution is 7.18. The van der Waals surface area contributed by atoms with E-state index in [1.165, 1.54) is 11.2 Å². The van der Waals surface area contributed by atoms with Crippen LogP contribution in [0.1, 0.15) is 22.9 Å². The highest BCUT2D eigenvalue weighted by Crippen LogP contribution is 2.32. The summed E-state index contributed by atoms with van der Waals surface area (Å²) in [6, 6.07) is 9.48. The highest BCUT2D eigenvalue weighted by atomic mass is 32.1. The summed E-state index contributed by atoms with van der Waals surface area (Å²) >= 11 is 1.64. The van der Waals surface area contributed by atoms with Gasteiger partial charge in [-0.05, 0) is 31.9 Å².